The summed E-state index contributed by atoms with van der Waals surface area (Å²) in [5.41, 5.74) is 1.98. The minimum Gasteiger partial charge on any atom is -0.465 e. The fourth-order valence-corrected chi connectivity index (χ4v) is 10.4. The summed E-state index contributed by atoms with van der Waals surface area (Å²) in [6, 6.07) is 28.5. The van der Waals surface area contributed by atoms with Crippen LogP contribution in [0.25, 0.3) is 32.6 Å². The Morgan fingerprint density at radius 3 is 1.38 bits per heavy atom. The zero-order chi connectivity index (χ0) is 45.6. The van der Waals surface area contributed by atoms with E-state index in [-0.39, 0.29) is 30.3 Å². The SMILES string of the molecule is O=C(C=Cc1ccco1)NC(=S)Nc1ccc(S(=O)(=O)Nc2nc3ccc(Oc4ccc5nc(NS(=O)(=O)c6ccc(NC(=S)NC(=O)C=Cc7ccco7)cc6)sc5c4)cc3s2)cc1. The highest BCUT2D eigenvalue weighted by atomic mass is 32.2. The molecule has 0 bridgehead atoms. The lowest BCUT2D eigenvalue weighted by molar-refractivity contribution is -0.115. The van der Waals surface area contributed by atoms with Crippen molar-refractivity contribution in [3.63, 3.8) is 0 Å². The van der Waals surface area contributed by atoms with Crippen molar-refractivity contribution in [2.45, 2.75) is 9.79 Å². The van der Waals surface area contributed by atoms with Gasteiger partial charge in [-0.15, -0.1) is 0 Å². The molecule has 0 atom stereocenters. The molecule has 8 aromatic rings. The number of hydrogen-bond donors (Lipinski definition) is 6. The topological polar surface area (TPSA) is 236 Å². The van der Waals surface area contributed by atoms with Crippen LogP contribution in [0.5, 0.6) is 11.5 Å². The number of benzene rings is 4. The minimum atomic E-state index is -4.03. The molecule has 0 aliphatic heterocycles. The van der Waals surface area contributed by atoms with Crippen LogP contribution in [-0.2, 0) is 29.6 Å². The Balaban J connectivity index is 0.844. The largest absolute Gasteiger partial charge is 0.465 e. The van der Waals surface area contributed by atoms with Gasteiger partial charge in [0.05, 0.1) is 42.8 Å². The van der Waals surface area contributed by atoms with Gasteiger partial charge in [-0.05, 0) is 134 Å². The Hall–Kier alpha value is -7.28. The molecule has 0 unspecified atom stereocenters. The van der Waals surface area contributed by atoms with Crippen molar-refractivity contribution < 1.29 is 40.0 Å². The van der Waals surface area contributed by atoms with Gasteiger partial charge in [0.15, 0.2) is 20.5 Å². The number of nitrogens with one attached hydrogen (secondary N) is 6. The van der Waals surface area contributed by atoms with Crippen LogP contribution >= 0.6 is 47.1 Å². The second-order valence-corrected chi connectivity index (χ2v) is 19.5. The Labute approximate surface area is 388 Å². The van der Waals surface area contributed by atoms with Crippen LogP contribution in [-0.4, -0.2) is 48.8 Å². The minimum absolute atomic E-state index is 0.0173. The lowest BCUT2D eigenvalue weighted by Gasteiger charge is -2.09. The molecule has 23 heteroatoms. The molecule has 0 aliphatic rings. The number of hydrogen-bond acceptors (Lipinski definition) is 15. The average Bonchev–Trinajstić information content (AvgIpc) is 4.10. The van der Waals surface area contributed by atoms with Crippen LogP contribution in [0.1, 0.15) is 11.5 Å². The summed E-state index contributed by atoms with van der Waals surface area (Å²) >= 11 is 12.6. The maximum Gasteiger partial charge on any atom is 0.263 e. The number of anilines is 4. The Morgan fingerprint density at radius 1 is 0.585 bits per heavy atom. The van der Waals surface area contributed by atoms with E-state index in [2.05, 4.69) is 40.7 Å². The molecular weight excluding hydrogens is 953 g/mol. The van der Waals surface area contributed by atoms with Crippen LogP contribution in [0.3, 0.4) is 0 Å². The summed E-state index contributed by atoms with van der Waals surface area (Å²) in [5.74, 6) is 0.954. The normalized spacial score (nSPS) is 11.8. The summed E-state index contributed by atoms with van der Waals surface area (Å²) in [5, 5.41) is 11.0. The first-order valence-electron chi connectivity index (χ1n) is 18.6. The van der Waals surface area contributed by atoms with E-state index in [1.807, 2.05) is 0 Å². The number of sulfonamides is 2. The number of ether oxygens (including phenoxy) is 1. The van der Waals surface area contributed by atoms with Gasteiger partial charge in [-0.1, -0.05) is 22.7 Å². The van der Waals surface area contributed by atoms with E-state index < -0.39 is 31.9 Å². The van der Waals surface area contributed by atoms with Gasteiger partial charge in [0.25, 0.3) is 20.0 Å². The predicted octanol–water partition coefficient (Wildman–Crippen LogP) is 8.54. The number of nitrogens with zero attached hydrogens (tertiary/aromatic N) is 2. The molecule has 6 N–H and O–H groups in total. The number of thiazole rings is 2. The molecule has 4 heterocycles. The van der Waals surface area contributed by atoms with Gasteiger partial charge in [0.1, 0.15) is 23.0 Å². The van der Waals surface area contributed by atoms with Gasteiger partial charge in [-0.2, -0.15) is 0 Å². The lowest BCUT2D eigenvalue weighted by Crippen LogP contribution is -2.32. The Kier molecular flexibility index (Phi) is 13.1. The van der Waals surface area contributed by atoms with Gasteiger partial charge in [0, 0.05) is 35.7 Å². The standard InChI is InChI=1S/C42H30N8O9S6/c51-37(19-11-27-3-1-21-57-27)47-39(60)43-25-5-13-31(14-6-25)64(53,54)49-41-45-33-17-9-29(23-35(33)62-41)59-30-10-18-34-36(24-30)63-42(46-34)50-65(55,56)32-15-7-26(8-16-32)44-40(61)48-38(52)20-12-28-4-2-22-58-28/h1-24H,(H,45,49)(H,46,50)(H2,43,47,51,60)(H2,44,48,52,61). The van der Waals surface area contributed by atoms with Gasteiger partial charge in [-0.3, -0.25) is 29.7 Å². The second kappa shape index (κ2) is 19.2. The number of amides is 2. The number of carbonyl (C=O) groups excluding carboxylic acids is 2. The number of fused-ring (bicyclic) bond motifs is 2. The van der Waals surface area contributed by atoms with Crippen LogP contribution in [0.15, 0.2) is 152 Å². The number of carbonyl (C=O) groups is 2. The first-order valence-corrected chi connectivity index (χ1v) is 24.1. The fraction of sp³-hybridized carbons (Fsp3) is 0. The lowest BCUT2D eigenvalue weighted by atomic mass is 10.3. The molecule has 4 aromatic heterocycles. The zero-order valence-corrected chi connectivity index (χ0v) is 37.8. The molecule has 0 saturated carbocycles. The van der Waals surface area contributed by atoms with Crippen molar-refractivity contribution in [2.24, 2.45) is 0 Å². The maximum atomic E-state index is 13.3. The smallest absolute Gasteiger partial charge is 0.263 e. The van der Waals surface area contributed by atoms with Crippen molar-refractivity contribution in [3.05, 3.63) is 145 Å². The number of furan rings is 2. The highest BCUT2D eigenvalue weighted by Gasteiger charge is 2.19. The summed E-state index contributed by atoms with van der Waals surface area (Å²) < 4.78 is 75.8. The summed E-state index contributed by atoms with van der Waals surface area (Å²) in [7, 11) is -8.05. The molecular formula is C42H30N8O9S6. The summed E-state index contributed by atoms with van der Waals surface area (Å²) in [6.45, 7) is 0. The first-order chi connectivity index (χ1) is 31.2. The summed E-state index contributed by atoms with van der Waals surface area (Å²) in [4.78, 5) is 33.1. The molecule has 0 spiro atoms. The van der Waals surface area contributed by atoms with E-state index >= 15 is 0 Å². The molecule has 4 aromatic carbocycles. The third kappa shape index (κ3) is 11.7. The van der Waals surface area contributed by atoms with Crippen LogP contribution in [0.4, 0.5) is 21.6 Å². The molecule has 0 fully saturated rings. The molecule has 0 radical (unpaired) electrons. The zero-order valence-electron chi connectivity index (χ0n) is 32.9. The second-order valence-electron chi connectivity index (χ2n) is 13.2. The molecule has 65 heavy (non-hydrogen) atoms. The van der Waals surface area contributed by atoms with Crippen molar-refractivity contribution in [2.75, 3.05) is 20.1 Å². The van der Waals surface area contributed by atoms with E-state index in [4.69, 9.17) is 38.0 Å². The molecule has 17 nitrogen and oxygen atoms in total. The van der Waals surface area contributed by atoms with Crippen molar-refractivity contribution >= 4 is 143 Å². The van der Waals surface area contributed by atoms with Crippen LogP contribution in [0.2, 0.25) is 0 Å². The van der Waals surface area contributed by atoms with E-state index in [1.165, 1.54) is 85.4 Å². The molecule has 0 aliphatic carbocycles. The maximum absolute atomic E-state index is 13.3. The van der Waals surface area contributed by atoms with Crippen molar-refractivity contribution in [1.82, 2.24) is 20.6 Å². The molecule has 0 saturated heterocycles. The third-order valence-electron chi connectivity index (χ3n) is 8.60. The van der Waals surface area contributed by atoms with Crippen LogP contribution in [0, 0.1) is 0 Å². The van der Waals surface area contributed by atoms with Crippen molar-refractivity contribution in [3.8, 4) is 11.5 Å². The fourth-order valence-electron chi connectivity index (χ4n) is 5.66. The highest BCUT2D eigenvalue weighted by Crippen LogP contribution is 2.35. The number of thiocarbonyl (C=S) groups is 2. The van der Waals surface area contributed by atoms with Gasteiger partial charge < -0.3 is 24.2 Å². The van der Waals surface area contributed by atoms with Crippen molar-refractivity contribution in [1.29, 1.82) is 0 Å². The predicted molar refractivity (Wildman–Crippen MR) is 258 cm³/mol. The summed E-state index contributed by atoms with van der Waals surface area (Å²) in [6.07, 6.45) is 8.47. The first kappa shape index (κ1) is 44.3. The third-order valence-corrected chi connectivity index (χ3v) is 13.8. The van der Waals surface area contributed by atoms with E-state index in [0.29, 0.717) is 54.8 Å². The van der Waals surface area contributed by atoms with Crippen LogP contribution < -0.4 is 35.4 Å². The molecule has 328 valence electrons. The molecule has 8 rings (SSSR count). The number of rotatable bonds is 14. The van der Waals surface area contributed by atoms with Gasteiger partial charge in [-0.25, -0.2) is 26.8 Å². The Morgan fingerprint density at radius 2 is 1.00 bits per heavy atom. The van der Waals surface area contributed by atoms with E-state index in [0.717, 1.165) is 22.7 Å². The van der Waals surface area contributed by atoms with E-state index in [1.54, 1.807) is 60.7 Å². The highest BCUT2D eigenvalue weighted by molar-refractivity contribution is 7.93. The Bertz CT molecular complexity index is 3130. The van der Waals surface area contributed by atoms with Gasteiger partial charge in [0.2, 0.25) is 11.8 Å². The quantitative estimate of drug-likeness (QED) is 0.0442. The molecule has 2 amide bonds. The number of aromatic nitrogens is 2. The van der Waals surface area contributed by atoms with E-state index in [9.17, 15) is 26.4 Å². The average molecular weight is 983 g/mol. The van der Waals surface area contributed by atoms with Gasteiger partial charge >= 0.3 is 0 Å². The monoisotopic (exact) mass is 982 g/mol.